The van der Waals surface area contributed by atoms with Crippen LogP contribution in [0.4, 0.5) is 0 Å². The maximum atomic E-state index is 12.2. The highest BCUT2D eigenvalue weighted by Gasteiger charge is 2.10. The van der Waals surface area contributed by atoms with Crippen LogP contribution in [0.2, 0.25) is 0 Å². The van der Waals surface area contributed by atoms with Crippen LogP contribution >= 0.6 is 0 Å². The van der Waals surface area contributed by atoms with Crippen molar-refractivity contribution in [2.75, 3.05) is 20.6 Å². The third kappa shape index (κ3) is 41.9. The maximum absolute atomic E-state index is 12.2. The van der Waals surface area contributed by atoms with Gasteiger partial charge in [-0.2, -0.15) is 0 Å². The zero-order valence-electron chi connectivity index (χ0n) is 31.3. The number of carbonyl (C=O) groups is 1. The van der Waals surface area contributed by atoms with Gasteiger partial charge in [0.1, 0.15) is 5.78 Å². The summed E-state index contributed by atoms with van der Waals surface area (Å²) in [5.74, 6) is 0.277. The predicted molar refractivity (Wildman–Crippen MR) is 196 cm³/mol. The Morgan fingerprint density at radius 3 is 1.09 bits per heavy atom. The van der Waals surface area contributed by atoms with Crippen LogP contribution in [0, 0.1) is 0 Å². The van der Waals surface area contributed by atoms with E-state index < -0.39 is 6.10 Å². The molecule has 0 aliphatic heterocycles. The standard InChI is InChI=1S/C41H83NO2.ClH/c1-4-5-6-7-8-9-10-11-15-18-21-24-27-30-33-36-40(43)39-41(44)37-34-31-28-25-22-19-16-13-12-14-17-20-23-26-29-32-35-38-42(2)3;/h41,44H,4-39H2,1-3H3;1H. The largest absolute Gasteiger partial charge is 1.00 e. The Bertz CT molecular complexity index is 556. The van der Waals surface area contributed by atoms with E-state index in [0.717, 1.165) is 19.3 Å². The number of rotatable bonds is 38. The van der Waals surface area contributed by atoms with Gasteiger partial charge in [0.15, 0.2) is 0 Å². The molecule has 0 aromatic rings. The Labute approximate surface area is 290 Å². The molecule has 2 N–H and O–H groups in total. The molecule has 1 atom stereocenters. The second kappa shape index (κ2) is 40.1. The Morgan fingerprint density at radius 1 is 0.467 bits per heavy atom. The number of carbonyl (C=O) groups excluding carboxylic acids is 1. The van der Waals surface area contributed by atoms with Crippen molar-refractivity contribution in [3.63, 3.8) is 0 Å². The summed E-state index contributed by atoms with van der Waals surface area (Å²) in [7, 11) is 4.51. The fourth-order valence-corrected chi connectivity index (χ4v) is 6.67. The van der Waals surface area contributed by atoms with E-state index in [4.69, 9.17) is 0 Å². The first-order valence-electron chi connectivity index (χ1n) is 20.5. The average Bonchev–Trinajstić information content (AvgIpc) is 3.00. The van der Waals surface area contributed by atoms with Crippen LogP contribution in [0.3, 0.4) is 0 Å². The number of nitrogens with one attached hydrogen (secondary N) is 1. The summed E-state index contributed by atoms with van der Waals surface area (Å²) in [6.45, 7) is 3.61. The molecule has 0 rings (SSSR count). The number of ketones is 1. The molecule has 1 unspecified atom stereocenters. The van der Waals surface area contributed by atoms with Gasteiger partial charge >= 0.3 is 0 Å². The number of aliphatic hydroxyl groups excluding tert-OH is 1. The van der Waals surface area contributed by atoms with Gasteiger partial charge in [-0.15, -0.1) is 0 Å². The SMILES string of the molecule is CCCCCCCCCCCCCCCCCC(=O)CC(O)CCCCCCCCCCCCCCCCCCC[NH+](C)C.[Cl-]. The summed E-state index contributed by atoms with van der Waals surface area (Å²) in [5.41, 5.74) is 0. The summed E-state index contributed by atoms with van der Waals surface area (Å²) >= 11 is 0. The van der Waals surface area contributed by atoms with Gasteiger partial charge < -0.3 is 22.4 Å². The van der Waals surface area contributed by atoms with Crippen LogP contribution in [-0.4, -0.2) is 37.6 Å². The molecular weight excluding hydrogens is 574 g/mol. The fraction of sp³-hybridized carbons (Fsp3) is 0.976. The van der Waals surface area contributed by atoms with Crippen molar-refractivity contribution in [1.29, 1.82) is 0 Å². The van der Waals surface area contributed by atoms with E-state index in [2.05, 4.69) is 21.0 Å². The highest BCUT2D eigenvalue weighted by molar-refractivity contribution is 5.78. The van der Waals surface area contributed by atoms with Crippen molar-refractivity contribution >= 4 is 5.78 Å². The summed E-state index contributed by atoms with van der Waals surface area (Å²) in [6, 6.07) is 0. The second-order valence-electron chi connectivity index (χ2n) is 14.9. The minimum Gasteiger partial charge on any atom is -1.00 e. The lowest BCUT2D eigenvalue weighted by Gasteiger charge is -2.10. The zero-order chi connectivity index (χ0) is 32.2. The minimum absolute atomic E-state index is 0. The normalized spacial score (nSPS) is 12.1. The number of halogens is 1. The van der Waals surface area contributed by atoms with Gasteiger partial charge in [-0.25, -0.2) is 0 Å². The lowest BCUT2D eigenvalue weighted by atomic mass is 10.00. The van der Waals surface area contributed by atoms with Gasteiger partial charge in [-0.1, -0.05) is 193 Å². The first kappa shape index (κ1) is 47.0. The fourth-order valence-electron chi connectivity index (χ4n) is 6.67. The Balaban J connectivity index is 0. The van der Waals surface area contributed by atoms with Crippen LogP contribution in [0.15, 0.2) is 0 Å². The molecule has 0 amide bonds. The number of Topliss-reactive ketones (excluding diaryl/α,β-unsaturated/α-hetero) is 1. The molecule has 272 valence electrons. The number of aliphatic hydroxyl groups is 1. The molecule has 0 aliphatic carbocycles. The van der Waals surface area contributed by atoms with E-state index in [1.807, 2.05) is 0 Å². The van der Waals surface area contributed by atoms with Crippen molar-refractivity contribution in [2.24, 2.45) is 0 Å². The Kier molecular flexibility index (Phi) is 41.8. The minimum atomic E-state index is -0.410. The van der Waals surface area contributed by atoms with Gasteiger partial charge in [0, 0.05) is 12.8 Å². The van der Waals surface area contributed by atoms with Crippen LogP contribution in [0.25, 0.3) is 0 Å². The van der Waals surface area contributed by atoms with Crippen molar-refractivity contribution in [2.45, 2.75) is 238 Å². The molecule has 0 aromatic heterocycles. The van der Waals surface area contributed by atoms with E-state index in [1.54, 1.807) is 4.90 Å². The Morgan fingerprint density at radius 2 is 0.756 bits per heavy atom. The molecule has 0 spiro atoms. The molecule has 0 fully saturated rings. The van der Waals surface area contributed by atoms with Crippen molar-refractivity contribution in [1.82, 2.24) is 0 Å². The average molecular weight is 659 g/mol. The highest BCUT2D eigenvalue weighted by atomic mass is 35.5. The number of quaternary nitrogens is 1. The topological polar surface area (TPSA) is 41.7 Å². The van der Waals surface area contributed by atoms with Gasteiger partial charge in [-0.3, -0.25) is 4.79 Å². The molecule has 45 heavy (non-hydrogen) atoms. The smallest absolute Gasteiger partial charge is 0.135 e. The first-order chi connectivity index (χ1) is 21.6. The van der Waals surface area contributed by atoms with Crippen molar-refractivity contribution in [3.05, 3.63) is 0 Å². The van der Waals surface area contributed by atoms with E-state index in [1.165, 1.54) is 199 Å². The third-order valence-corrected chi connectivity index (χ3v) is 9.74. The van der Waals surface area contributed by atoms with Crippen molar-refractivity contribution < 1.29 is 27.2 Å². The van der Waals surface area contributed by atoms with E-state index in [-0.39, 0.29) is 18.2 Å². The van der Waals surface area contributed by atoms with Gasteiger partial charge in [0.05, 0.1) is 26.7 Å². The van der Waals surface area contributed by atoms with Crippen LogP contribution in [0.5, 0.6) is 0 Å². The monoisotopic (exact) mass is 658 g/mol. The van der Waals surface area contributed by atoms with E-state index in [0.29, 0.717) is 12.8 Å². The lowest BCUT2D eigenvalue weighted by molar-refractivity contribution is -0.858. The number of unbranched alkanes of at least 4 members (excludes halogenated alkanes) is 30. The molecule has 4 heteroatoms. The maximum Gasteiger partial charge on any atom is 0.135 e. The van der Waals surface area contributed by atoms with Gasteiger partial charge in [-0.05, 0) is 25.7 Å². The van der Waals surface area contributed by atoms with E-state index in [9.17, 15) is 9.90 Å². The van der Waals surface area contributed by atoms with Gasteiger partial charge in [0.25, 0.3) is 0 Å². The molecule has 3 nitrogen and oxygen atoms in total. The molecule has 0 aromatic carbocycles. The molecular formula is C41H84ClNO2. The van der Waals surface area contributed by atoms with E-state index >= 15 is 0 Å². The molecule has 0 bridgehead atoms. The van der Waals surface area contributed by atoms with Gasteiger partial charge in [0.2, 0.25) is 0 Å². The summed E-state index contributed by atoms with van der Waals surface area (Å²) in [6.07, 6.45) is 45.2. The van der Waals surface area contributed by atoms with Crippen LogP contribution in [0.1, 0.15) is 232 Å². The summed E-state index contributed by atoms with van der Waals surface area (Å²) in [4.78, 5) is 13.8. The molecule has 0 heterocycles. The molecule has 0 saturated carbocycles. The third-order valence-electron chi connectivity index (χ3n) is 9.74. The highest BCUT2D eigenvalue weighted by Crippen LogP contribution is 2.17. The first-order valence-corrected chi connectivity index (χ1v) is 20.5. The summed E-state index contributed by atoms with van der Waals surface area (Å²) < 4.78 is 0. The zero-order valence-corrected chi connectivity index (χ0v) is 32.0. The lowest BCUT2D eigenvalue weighted by Crippen LogP contribution is -3.05. The Hall–Kier alpha value is -0.120. The number of hydrogen-bond donors (Lipinski definition) is 2. The summed E-state index contributed by atoms with van der Waals surface area (Å²) in [5, 5.41) is 10.3. The molecule has 0 aliphatic rings. The quantitative estimate of drug-likeness (QED) is 0.0652. The molecule has 0 radical (unpaired) electrons. The van der Waals surface area contributed by atoms with Crippen LogP contribution < -0.4 is 17.3 Å². The van der Waals surface area contributed by atoms with Crippen molar-refractivity contribution in [3.8, 4) is 0 Å². The van der Waals surface area contributed by atoms with Crippen LogP contribution in [-0.2, 0) is 4.79 Å². The number of hydrogen-bond acceptors (Lipinski definition) is 2. The predicted octanol–water partition coefficient (Wildman–Crippen LogP) is 8.74. The molecule has 0 saturated heterocycles. The second-order valence-corrected chi connectivity index (χ2v) is 14.9.